The first-order valence-corrected chi connectivity index (χ1v) is 22.1. The molecule has 2 fully saturated rings. The predicted molar refractivity (Wildman–Crippen MR) is 231 cm³/mol. The highest BCUT2D eigenvalue weighted by atomic mass is 32.2. The number of aromatic nitrogens is 6. The first-order chi connectivity index (χ1) is 28.4. The van der Waals surface area contributed by atoms with Gasteiger partial charge in [0.1, 0.15) is 0 Å². The number of carbonyl (C=O) groups excluding carboxylic acids is 2. The summed E-state index contributed by atoms with van der Waals surface area (Å²) in [6.45, 7) is 12.0. The first kappa shape index (κ1) is 41.9. The minimum Gasteiger partial charge on any atom is -0.398 e. The molecule has 0 aliphatic carbocycles. The van der Waals surface area contributed by atoms with Crippen LogP contribution in [0.1, 0.15) is 116 Å². The number of amides is 2. The molecular formula is C43H52N10O6S. The molecule has 60 heavy (non-hydrogen) atoms. The zero-order chi connectivity index (χ0) is 43.2. The van der Waals surface area contributed by atoms with Gasteiger partial charge in [-0.3, -0.25) is 34.1 Å². The monoisotopic (exact) mass is 836 g/mol. The van der Waals surface area contributed by atoms with Crippen molar-refractivity contribution >= 4 is 44.5 Å². The van der Waals surface area contributed by atoms with Crippen molar-refractivity contribution in [3.05, 3.63) is 125 Å². The van der Waals surface area contributed by atoms with Gasteiger partial charge >= 0.3 is 0 Å². The molecule has 4 aromatic heterocycles. The van der Waals surface area contributed by atoms with E-state index in [-0.39, 0.29) is 40.7 Å². The summed E-state index contributed by atoms with van der Waals surface area (Å²) in [6.07, 6.45) is 6.37. The molecule has 17 heteroatoms. The number of aryl methyl sites for hydroxylation is 4. The fraction of sp³-hybridized carbons (Fsp3) is 0.395. The third-order valence-electron chi connectivity index (χ3n) is 11.8. The topological polar surface area (TPSA) is 213 Å². The Hall–Kier alpha value is -6.23. The number of benzene rings is 2. The molecule has 5 N–H and O–H groups in total. The summed E-state index contributed by atoms with van der Waals surface area (Å²) < 4.78 is 29.1. The molecule has 0 unspecified atom stereocenters. The maximum absolute atomic E-state index is 13.7. The van der Waals surface area contributed by atoms with Gasteiger partial charge in [-0.1, -0.05) is 24.3 Å². The number of nitrogen functional groups attached to an aromatic ring is 1. The Morgan fingerprint density at radius 3 is 1.62 bits per heavy atom. The lowest BCUT2D eigenvalue weighted by atomic mass is 9.96. The van der Waals surface area contributed by atoms with Crippen LogP contribution in [0, 0.1) is 41.5 Å². The minimum absolute atomic E-state index is 0.0633. The van der Waals surface area contributed by atoms with Gasteiger partial charge in [0.15, 0.2) is 11.3 Å². The molecule has 6 aromatic rings. The summed E-state index contributed by atoms with van der Waals surface area (Å²) in [5.41, 5.74) is 14.3. The van der Waals surface area contributed by atoms with Gasteiger partial charge in [-0.15, -0.1) is 0 Å². The highest BCUT2D eigenvalue weighted by molar-refractivity contribution is 7.92. The third-order valence-corrected chi connectivity index (χ3v) is 12.3. The van der Waals surface area contributed by atoms with E-state index in [4.69, 9.17) is 5.73 Å². The van der Waals surface area contributed by atoms with Gasteiger partial charge in [0, 0.05) is 53.4 Å². The number of piperidine rings is 2. The lowest BCUT2D eigenvalue weighted by Crippen LogP contribution is -2.39. The molecule has 0 saturated carbocycles. The molecule has 2 aliphatic rings. The van der Waals surface area contributed by atoms with Gasteiger partial charge in [-0.25, -0.2) is 27.4 Å². The van der Waals surface area contributed by atoms with E-state index < -0.39 is 10.0 Å². The van der Waals surface area contributed by atoms with E-state index in [9.17, 15) is 27.6 Å². The van der Waals surface area contributed by atoms with Crippen molar-refractivity contribution in [1.29, 1.82) is 0 Å². The number of rotatable bonds is 6. The van der Waals surface area contributed by atoms with Crippen LogP contribution in [0.5, 0.6) is 0 Å². The van der Waals surface area contributed by atoms with Crippen LogP contribution in [0.4, 0.5) is 11.4 Å². The Morgan fingerprint density at radius 2 is 1.15 bits per heavy atom. The smallest absolute Gasteiger partial charge is 0.275 e. The van der Waals surface area contributed by atoms with Crippen molar-refractivity contribution in [1.82, 2.24) is 39.0 Å². The van der Waals surface area contributed by atoms with Gasteiger partial charge in [-0.2, -0.15) is 0 Å². The molecule has 8 rings (SSSR count). The number of nitrogens with one attached hydrogen (secondary N) is 3. The molecule has 2 amide bonds. The van der Waals surface area contributed by atoms with E-state index in [1.807, 2.05) is 43.0 Å². The van der Waals surface area contributed by atoms with Crippen LogP contribution >= 0.6 is 0 Å². The van der Waals surface area contributed by atoms with Gasteiger partial charge < -0.3 is 15.5 Å². The van der Waals surface area contributed by atoms with Crippen molar-refractivity contribution in [3.63, 3.8) is 0 Å². The zero-order valence-electron chi connectivity index (χ0n) is 35.0. The predicted octanol–water partition coefficient (Wildman–Crippen LogP) is 5.58. The van der Waals surface area contributed by atoms with Gasteiger partial charge in [-0.05, 0) is 103 Å². The highest BCUT2D eigenvalue weighted by Gasteiger charge is 2.34. The second-order valence-electron chi connectivity index (χ2n) is 16.0. The molecule has 0 radical (unpaired) electrons. The average Bonchev–Trinajstić information content (AvgIpc) is 3.83. The van der Waals surface area contributed by atoms with Crippen molar-refractivity contribution in [2.45, 2.75) is 92.2 Å². The summed E-state index contributed by atoms with van der Waals surface area (Å²) in [7, 11) is -3.55. The van der Waals surface area contributed by atoms with E-state index in [1.54, 1.807) is 56.9 Å². The molecule has 0 bridgehead atoms. The van der Waals surface area contributed by atoms with Crippen LogP contribution in [0.3, 0.4) is 0 Å². The number of H-pyrrole nitrogens is 2. The number of aromatic amines is 2. The number of sulfonamides is 1. The number of hydrogen-bond acceptors (Lipinski definition) is 9. The number of carbonyl (C=O) groups is 2. The average molecular weight is 837 g/mol. The molecule has 0 spiro atoms. The van der Waals surface area contributed by atoms with E-state index in [2.05, 4.69) is 24.9 Å². The van der Waals surface area contributed by atoms with Gasteiger partial charge in [0.25, 0.3) is 22.9 Å². The number of nitrogens with two attached hydrogens (primary N) is 1. The van der Waals surface area contributed by atoms with Crippen LogP contribution in [-0.4, -0.2) is 78.6 Å². The van der Waals surface area contributed by atoms with Crippen LogP contribution in [-0.2, 0) is 10.0 Å². The second-order valence-corrected chi connectivity index (χ2v) is 17.7. The maximum Gasteiger partial charge on any atom is 0.275 e. The molecule has 16 nitrogen and oxygen atoms in total. The zero-order valence-corrected chi connectivity index (χ0v) is 35.9. The van der Waals surface area contributed by atoms with Crippen LogP contribution in [0.15, 0.2) is 58.1 Å². The van der Waals surface area contributed by atoms with E-state index in [0.29, 0.717) is 63.6 Å². The lowest BCUT2D eigenvalue weighted by Gasteiger charge is -2.36. The maximum atomic E-state index is 13.7. The lowest BCUT2D eigenvalue weighted by molar-refractivity contribution is 0.0599. The van der Waals surface area contributed by atoms with E-state index in [1.165, 1.54) is 9.03 Å². The van der Waals surface area contributed by atoms with Crippen molar-refractivity contribution < 1.29 is 18.0 Å². The molecule has 2 atom stereocenters. The molecule has 6 heterocycles. The number of nitrogens with zero attached hydrogens (tertiary/aromatic N) is 6. The first-order valence-electron chi connectivity index (χ1n) is 20.2. The summed E-state index contributed by atoms with van der Waals surface area (Å²) in [5, 5.41) is 6.33. The summed E-state index contributed by atoms with van der Waals surface area (Å²) in [5.74, 6) is -0.308. The number of anilines is 2. The van der Waals surface area contributed by atoms with Crippen LogP contribution < -0.4 is 21.6 Å². The SMILES string of the molecule is Cc1cccc(N)c1C(=O)N1CCCC[C@H]1c1cc2nc(C)c(C)c(=O)n2[nH]1.Cc1cccc(NS(C)(=O)=O)c1C(=O)N1CCCC[C@H]1c1cc2nc(C)c(C)c(=O)n2[nH]1. The van der Waals surface area contributed by atoms with E-state index >= 15 is 0 Å². The standard InChI is InChI=1S/C22H27N5O4S.C21H25N5O2/c1-13-8-7-9-16(25-32(4,30)31)20(13)22(29)26-11-6-5-10-18(26)17-12-19-23-15(3)14(2)21(28)27(19)24-17;1-12-7-6-8-15(22)19(12)21(28)25-10-5-4-9-17(25)16-11-18-23-14(3)13(2)20(27)26(18)24-16/h7-9,12,18,24-25H,5-6,10-11H2,1-4H3;6-8,11,17,24H,4-5,9-10,22H2,1-3H3/t18-;17-/m00/s1. The Balaban J connectivity index is 0.000000183. The number of fused-ring (bicyclic) bond motifs is 2. The molecule has 2 aliphatic heterocycles. The molecular weight excluding hydrogens is 785 g/mol. The van der Waals surface area contributed by atoms with Crippen molar-refractivity contribution in [3.8, 4) is 0 Å². The van der Waals surface area contributed by atoms with Gasteiger partial charge in [0.2, 0.25) is 10.0 Å². The van der Waals surface area contributed by atoms with Gasteiger partial charge in [0.05, 0.1) is 46.5 Å². The van der Waals surface area contributed by atoms with Crippen LogP contribution in [0.2, 0.25) is 0 Å². The summed E-state index contributed by atoms with van der Waals surface area (Å²) in [4.78, 5) is 64.9. The Bertz CT molecular complexity index is 2870. The Morgan fingerprint density at radius 1 is 0.700 bits per heavy atom. The fourth-order valence-electron chi connectivity index (χ4n) is 8.32. The second kappa shape index (κ2) is 16.4. The Kier molecular flexibility index (Phi) is 11.5. The number of likely N-dealkylation sites (tertiary alicyclic amines) is 2. The summed E-state index contributed by atoms with van der Waals surface area (Å²) in [6, 6.07) is 13.9. The highest BCUT2D eigenvalue weighted by Crippen LogP contribution is 2.35. The normalized spacial score (nSPS) is 17.1. The van der Waals surface area contributed by atoms with Crippen molar-refractivity contribution in [2.75, 3.05) is 29.8 Å². The Labute approximate surface area is 347 Å². The van der Waals surface area contributed by atoms with E-state index in [0.717, 1.165) is 67.4 Å². The number of hydrogen-bond donors (Lipinski definition) is 4. The third kappa shape index (κ3) is 8.05. The molecule has 316 valence electrons. The fourth-order valence-corrected chi connectivity index (χ4v) is 8.89. The molecule has 2 saturated heterocycles. The van der Waals surface area contributed by atoms with Crippen molar-refractivity contribution in [2.24, 2.45) is 0 Å². The quantitative estimate of drug-likeness (QED) is 0.154. The largest absolute Gasteiger partial charge is 0.398 e. The van der Waals surface area contributed by atoms with Crippen LogP contribution in [0.25, 0.3) is 11.3 Å². The molecule has 2 aromatic carbocycles. The minimum atomic E-state index is -3.55. The summed E-state index contributed by atoms with van der Waals surface area (Å²) >= 11 is 0.